The fraction of sp³-hybridized carbons (Fsp3) is 0.500. The number of nitrogens with zero attached hydrogens (tertiary/aromatic N) is 1. The first-order valence-electron chi connectivity index (χ1n) is 6.80. The molecule has 1 saturated heterocycles. The predicted molar refractivity (Wildman–Crippen MR) is 77.2 cm³/mol. The number of thioether (sulfide) groups is 1. The van der Waals surface area contributed by atoms with E-state index >= 15 is 0 Å². The molecule has 1 atom stereocenters. The fourth-order valence-electron chi connectivity index (χ4n) is 2.19. The summed E-state index contributed by atoms with van der Waals surface area (Å²) in [6, 6.07) is 2.96. The molecule has 3 nitrogen and oxygen atoms in total. The quantitative estimate of drug-likeness (QED) is 0.856. The maximum atomic E-state index is 12.9. The van der Waals surface area contributed by atoms with E-state index < -0.39 is 30.5 Å². The largest absolute Gasteiger partial charge is 0.391 e. The highest BCUT2D eigenvalue weighted by molar-refractivity contribution is 7.99. The summed E-state index contributed by atoms with van der Waals surface area (Å²) in [4.78, 5) is 13.6. The van der Waals surface area contributed by atoms with Crippen molar-refractivity contribution in [2.45, 2.75) is 18.6 Å². The van der Waals surface area contributed by atoms with Crippen LogP contribution in [-0.4, -0.2) is 41.7 Å². The van der Waals surface area contributed by atoms with Crippen LogP contribution in [0.25, 0.3) is 0 Å². The van der Waals surface area contributed by atoms with E-state index in [1.165, 1.54) is 17.0 Å². The highest BCUT2D eigenvalue weighted by atomic mass is 32.2. The molecule has 1 fully saturated rings. The summed E-state index contributed by atoms with van der Waals surface area (Å²) >= 11 is 1.70. The van der Waals surface area contributed by atoms with Gasteiger partial charge in [-0.25, -0.2) is 9.18 Å². The first-order valence-corrected chi connectivity index (χ1v) is 7.96. The Kier molecular flexibility index (Phi) is 5.55. The smallest absolute Gasteiger partial charge is 0.331 e. The number of halogens is 4. The molecule has 1 aromatic rings. The van der Waals surface area contributed by atoms with Crippen molar-refractivity contribution in [3.8, 4) is 0 Å². The SMILES string of the molecule is O=C(NC(CC(F)(F)F)c1ccc(F)cc1)N1CCSCC1. The number of carbonyl (C=O) groups is 1. The summed E-state index contributed by atoms with van der Waals surface area (Å²) in [5.74, 6) is 1.01. The number of amides is 2. The third-order valence-electron chi connectivity index (χ3n) is 3.30. The lowest BCUT2D eigenvalue weighted by Gasteiger charge is -2.29. The molecule has 2 amide bonds. The van der Waals surface area contributed by atoms with Crippen molar-refractivity contribution < 1.29 is 22.4 Å². The summed E-state index contributed by atoms with van der Waals surface area (Å²) in [7, 11) is 0. The van der Waals surface area contributed by atoms with Crippen molar-refractivity contribution in [3.05, 3.63) is 35.6 Å². The lowest BCUT2D eigenvalue weighted by molar-refractivity contribution is -0.139. The van der Waals surface area contributed by atoms with Crippen LogP contribution in [0.2, 0.25) is 0 Å². The van der Waals surface area contributed by atoms with Gasteiger partial charge in [0.2, 0.25) is 0 Å². The number of nitrogens with one attached hydrogen (secondary N) is 1. The second-order valence-corrected chi connectivity index (χ2v) is 6.20. The number of benzene rings is 1. The Morgan fingerprint density at radius 3 is 2.36 bits per heavy atom. The summed E-state index contributed by atoms with van der Waals surface area (Å²) in [5, 5.41) is 2.41. The molecule has 1 aromatic carbocycles. The van der Waals surface area contributed by atoms with Crippen LogP contribution in [0.5, 0.6) is 0 Å². The van der Waals surface area contributed by atoms with Gasteiger partial charge in [-0.3, -0.25) is 0 Å². The van der Waals surface area contributed by atoms with Crippen LogP contribution in [-0.2, 0) is 0 Å². The highest BCUT2D eigenvalue weighted by Crippen LogP contribution is 2.30. The minimum absolute atomic E-state index is 0.235. The molecule has 2 rings (SSSR count). The summed E-state index contributed by atoms with van der Waals surface area (Å²) in [5.41, 5.74) is 0.235. The second-order valence-electron chi connectivity index (χ2n) is 4.97. The van der Waals surface area contributed by atoms with Gasteiger partial charge in [-0.2, -0.15) is 24.9 Å². The van der Waals surface area contributed by atoms with Gasteiger partial charge >= 0.3 is 12.2 Å². The Bertz CT molecular complexity index is 501. The van der Waals surface area contributed by atoms with Gasteiger partial charge in [-0.15, -0.1) is 0 Å². The van der Waals surface area contributed by atoms with E-state index in [0.29, 0.717) is 13.1 Å². The summed E-state index contributed by atoms with van der Waals surface area (Å²) in [6.07, 6.45) is -5.61. The maximum Gasteiger partial charge on any atom is 0.391 e. The van der Waals surface area contributed by atoms with Gasteiger partial charge in [0.15, 0.2) is 0 Å². The van der Waals surface area contributed by atoms with E-state index in [9.17, 15) is 22.4 Å². The van der Waals surface area contributed by atoms with E-state index in [0.717, 1.165) is 23.6 Å². The third-order valence-corrected chi connectivity index (χ3v) is 4.25. The Morgan fingerprint density at radius 1 is 1.23 bits per heavy atom. The number of hydrogen-bond donors (Lipinski definition) is 1. The van der Waals surface area contributed by atoms with Gasteiger partial charge in [0.1, 0.15) is 5.82 Å². The molecule has 0 spiro atoms. The standard InChI is InChI=1S/C14H16F4N2OS/c15-11-3-1-10(2-4-11)12(9-14(16,17)18)19-13(21)20-5-7-22-8-6-20/h1-4,12H,5-9H2,(H,19,21). The zero-order valence-corrected chi connectivity index (χ0v) is 12.5. The van der Waals surface area contributed by atoms with Gasteiger partial charge < -0.3 is 10.2 Å². The minimum Gasteiger partial charge on any atom is -0.331 e. The first-order chi connectivity index (χ1) is 10.3. The molecular weight excluding hydrogens is 320 g/mol. The van der Waals surface area contributed by atoms with Crippen molar-refractivity contribution in [3.63, 3.8) is 0 Å². The van der Waals surface area contributed by atoms with Crippen molar-refractivity contribution in [1.82, 2.24) is 10.2 Å². The van der Waals surface area contributed by atoms with Crippen LogP contribution >= 0.6 is 11.8 Å². The van der Waals surface area contributed by atoms with Crippen molar-refractivity contribution in [1.29, 1.82) is 0 Å². The predicted octanol–water partition coefficient (Wildman–Crippen LogP) is 3.58. The number of hydrogen-bond acceptors (Lipinski definition) is 2. The third kappa shape index (κ3) is 5.08. The lowest BCUT2D eigenvalue weighted by atomic mass is 10.0. The molecule has 1 heterocycles. The average molecular weight is 336 g/mol. The Labute approximate surface area is 130 Å². The number of urea groups is 1. The van der Waals surface area contributed by atoms with E-state index in [2.05, 4.69) is 5.32 Å². The zero-order chi connectivity index (χ0) is 16.2. The van der Waals surface area contributed by atoms with Gasteiger partial charge in [0.25, 0.3) is 0 Å². The van der Waals surface area contributed by atoms with Gasteiger partial charge in [0.05, 0.1) is 12.5 Å². The van der Waals surface area contributed by atoms with E-state index in [1.807, 2.05) is 0 Å². The second kappa shape index (κ2) is 7.21. The van der Waals surface area contributed by atoms with Gasteiger partial charge in [0, 0.05) is 24.6 Å². The molecule has 0 saturated carbocycles. The van der Waals surface area contributed by atoms with E-state index in [-0.39, 0.29) is 5.56 Å². The normalized spacial score (nSPS) is 17.2. The van der Waals surface area contributed by atoms with Gasteiger partial charge in [-0.1, -0.05) is 12.1 Å². The lowest BCUT2D eigenvalue weighted by Crippen LogP contribution is -2.46. The number of rotatable bonds is 3. The van der Waals surface area contributed by atoms with Crippen LogP contribution in [0.15, 0.2) is 24.3 Å². The van der Waals surface area contributed by atoms with Crippen molar-refractivity contribution in [2.75, 3.05) is 24.6 Å². The molecule has 0 aliphatic carbocycles. The molecule has 0 aromatic heterocycles. The van der Waals surface area contributed by atoms with Crippen LogP contribution in [0.4, 0.5) is 22.4 Å². The fourth-order valence-corrected chi connectivity index (χ4v) is 3.09. The number of carbonyl (C=O) groups excluding carboxylic acids is 1. The Morgan fingerprint density at radius 2 is 1.82 bits per heavy atom. The van der Waals surface area contributed by atoms with E-state index in [4.69, 9.17) is 0 Å². The molecule has 122 valence electrons. The highest BCUT2D eigenvalue weighted by Gasteiger charge is 2.34. The van der Waals surface area contributed by atoms with Gasteiger partial charge in [-0.05, 0) is 17.7 Å². The molecule has 1 N–H and O–H groups in total. The zero-order valence-electron chi connectivity index (χ0n) is 11.7. The first kappa shape index (κ1) is 16.9. The molecular formula is C14H16F4N2OS. The van der Waals surface area contributed by atoms with Crippen molar-refractivity contribution >= 4 is 17.8 Å². The van der Waals surface area contributed by atoms with Crippen LogP contribution in [0.1, 0.15) is 18.0 Å². The summed E-state index contributed by atoms with van der Waals surface area (Å²) < 4.78 is 51.1. The average Bonchev–Trinajstić information content (AvgIpc) is 2.47. The molecule has 1 aliphatic rings. The minimum atomic E-state index is -4.43. The summed E-state index contributed by atoms with van der Waals surface area (Å²) in [6.45, 7) is 1.03. The Balaban J connectivity index is 2.10. The molecule has 1 aliphatic heterocycles. The Hall–Kier alpha value is -1.44. The van der Waals surface area contributed by atoms with Crippen molar-refractivity contribution in [2.24, 2.45) is 0 Å². The van der Waals surface area contributed by atoms with E-state index in [1.54, 1.807) is 11.8 Å². The monoisotopic (exact) mass is 336 g/mol. The molecule has 0 radical (unpaired) electrons. The maximum absolute atomic E-state index is 12.9. The molecule has 1 unspecified atom stereocenters. The molecule has 8 heteroatoms. The van der Waals surface area contributed by atoms with Crippen LogP contribution in [0.3, 0.4) is 0 Å². The molecule has 22 heavy (non-hydrogen) atoms. The topological polar surface area (TPSA) is 32.3 Å². The van der Waals surface area contributed by atoms with Crippen LogP contribution < -0.4 is 5.32 Å². The van der Waals surface area contributed by atoms with Crippen LogP contribution in [0, 0.1) is 5.82 Å². The molecule has 0 bridgehead atoms. The number of alkyl halides is 3.